The Balaban J connectivity index is 2.02. The van der Waals surface area contributed by atoms with Crippen LogP contribution in [0.2, 0.25) is 5.15 Å². The second-order valence-electron chi connectivity index (χ2n) is 4.20. The average Bonchev–Trinajstić information content (AvgIpc) is 2.77. The van der Waals surface area contributed by atoms with E-state index in [1.165, 1.54) is 11.1 Å². The summed E-state index contributed by atoms with van der Waals surface area (Å²) in [5, 5.41) is 8.75. The van der Waals surface area contributed by atoms with Gasteiger partial charge in [-0.3, -0.25) is 9.38 Å². The first-order valence-corrected chi connectivity index (χ1v) is 6.01. The lowest BCUT2D eigenvalue weighted by molar-refractivity contribution is 0.931. The molecule has 0 saturated heterocycles. The standard InChI is InChI=1S/C13H11ClN4/c1-9-2-4-10(5-3-9)6-12-16-17-13-8-15-7-11(14)18(12)13/h2-5,7-8H,6H2,1H3. The Morgan fingerprint density at radius 1 is 1.11 bits per heavy atom. The van der Waals surface area contributed by atoms with Crippen LogP contribution >= 0.6 is 11.6 Å². The van der Waals surface area contributed by atoms with Gasteiger partial charge >= 0.3 is 0 Å². The van der Waals surface area contributed by atoms with Crippen molar-refractivity contribution in [3.8, 4) is 0 Å². The Morgan fingerprint density at radius 2 is 1.89 bits per heavy atom. The van der Waals surface area contributed by atoms with Crippen LogP contribution in [0.25, 0.3) is 5.65 Å². The second-order valence-corrected chi connectivity index (χ2v) is 4.59. The van der Waals surface area contributed by atoms with Gasteiger partial charge in [0.25, 0.3) is 0 Å². The van der Waals surface area contributed by atoms with Crippen LogP contribution < -0.4 is 0 Å². The zero-order valence-corrected chi connectivity index (χ0v) is 10.6. The quantitative estimate of drug-likeness (QED) is 0.710. The molecule has 3 rings (SSSR count). The SMILES string of the molecule is Cc1ccc(Cc2nnc3cncc(Cl)n23)cc1. The van der Waals surface area contributed by atoms with Gasteiger partial charge in [-0.15, -0.1) is 10.2 Å². The summed E-state index contributed by atoms with van der Waals surface area (Å²) in [6, 6.07) is 8.35. The molecule has 18 heavy (non-hydrogen) atoms. The van der Waals surface area contributed by atoms with Crippen molar-refractivity contribution in [1.82, 2.24) is 19.6 Å². The number of aryl methyl sites for hydroxylation is 1. The van der Waals surface area contributed by atoms with Crippen molar-refractivity contribution < 1.29 is 0 Å². The predicted octanol–water partition coefficient (Wildman–Crippen LogP) is 2.68. The number of benzene rings is 1. The van der Waals surface area contributed by atoms with Gasteiger partial charge in [0.15, 0.2) is 5.65 Å². The first kappa shape index (κ1) is 11.2. The molecular weight excluding hydrogens is 248 g/mol. The normalized spacial score (nSPS) is 11.0. The Labute approximate surface area is 109 Å². The highest BCUT2D eigenvalue weighted by Crippen LogP contribution is 2.15. The highest BCUT2D eigenvalue weighted by Gasteiger charge is 2.09. The van der Waals surface area contributed by atoms with Gasteiger partial charge in [0.05, 0.1) is 12.4 Å². The molecule has 0 unspecified atom stereocenters. The fraction of sp³-hybridized carbons (Fsp3) is 0.154. The molecule has 4 nitrogen and oxygen atoms in total. The lowest BCUT2D eigenvalue weighted by Crippen LogP contribution is -1.98. The zero-order valence-electron chi connectivity index (χ0n) is 9.84. The van der Waals surface area contributed by atoms with E-state index in [9.17, 15) is 0 Å². The number of nitrogens with zero attached hydrogens (tertiary/aromatic N) is 4. The molecule has 0 aliphatic heterocycles. The van der Waals surface area contributed by atoms with E-state index in [4.69, 9.17) is 11.6 Å². The van der Waals surface area contributed by atoms with Crippen molar-refractivity contribution in [2.24, 2.45) is 0 Å². The van der Waals surface area contributed by atoms with Gasteiger partial charge in [-0.2, -0.15) is 0 Å². The Morgan fingerprint density at radius 3 is 2.67 bits per heavy atom. The Hall–Kier alpha value is -1.94. The molecule has 0 bridgehead atoms. The molecule has 2 heterocycles. The van der Waals surface area contributed by atoms with Crippen molar-refractivity contribution in [3.63, 3.8) is 0 Å². The van der Waals surface area contributed by atoms with E-state index in [1.54, 1.807) is 12.4 Å². The molecule has 0 saturated carbocycles. The lowest BCUT2D eigenvalue weighted by Gasteiger charge is -2.02. The third kappa shape index (κ3) is 1.95. The highest BCUT2D eigenvalue weighted by atomic mass is 35.5. The van der Waals surface area contributed by atoms with Crippen molar-refractivity contribution in [2.45, 2.75) is 13.3 Å². The summed E-state index contributed by atoms with van der Waals surface area (Å²) in [6.45, 7) is 2.07. The van der Waals surface area contributed by atoms with Gasteiger partial charge in [0.1, 0.15) is 11.0 Å². The maximum absolute atomic E-state index is 6.12. The van der Waals surface area contributed by atoms with Crippen molar-refractivity contribution >= 4 is 17.2 Å². The molecular formula is C13H11ClN4. The summed E-state index contributed by atoms with van der Waals surface area (Å²) in [5.41, 5.74) is 3.10. The zero-order chi connectivity index (χ0) is 12.5. The number of halogens is 1. The molecule has 0 amide bonds. The van der Waals surface area contributed by atoms with Crippen molar-refractivity contribution in [1.29, 1.82) is 0 Å². The van der Waals surface area contributed by atoms with Crippen LogP contribution in [-0.4, -0.2) is 19.6 Å². The minimum atomic E-state index is 0.527. The Bertz CT molecular complexity index is 688. The van der Waals surface area contributed by atoms with E-state index in [-0.39, 0.29) is 0 Å². The molecule has 0 atom stereocenters. The molecule has 2 aromatic heterocycles. The molecule has 0 fully saturated rings. The van der Waals surface area contributed by atoms with E-state index in [2.05, 4.69) is 46.4 Å². The smallest absolute Gasteiger partial charge is 0.180 e. The number of hydrogen-bond donors (Lipinski definition) is 0. The minimum absolute atomic E-state index is 0.527. The number of rotatable bonds is 2. The van der Waals surface area contributed by atoms with Gasteiger partial charge in [-0.25, -0.2) is 0 Å². The van der Waals surface area contributed by atoms with E-state index in [0.717, 1.165) is 5.82 Å². The monoisotopic (exact) mass is 258 g/mol. The second kappa shape index (κ2) is 4.38. The highest BCUT2D eigenvalue weighted by molar-refractivity contribution is 6.29. The first-order valence-electron chi connectivity index (χ1n) is 5.63. The Kier molecular flexibility index (Phi) is 2.72. The van der Waals surface area contributed by atoms with Crippen LogP contribution in [0.15, 0.2) is 36.7 Å². The first-order chi connectivity index (χ1) is 8.74. The largest absolute Gasteiger partial charge is 0.266 e. The summed E-state index contributed by atoms with van der Waals surface area (Å²) < 4.78 is 1.81. The molecule has 3 aromatic rings. The topological polar surface area (TPSA) is 43.1 Å². The van der Waals surface area contributed by atoms with Crippen LogP contribution in [0.1, 0.15) is 17.0 Å². The van der Waals surface area contributed by atoms with E-state index in [1.807, 2.05) is 4.40 Å². The maximum Gasteiger partial charge on any atom is 0.180 e. The van der Waals surface area contributed by atoms with Crippen LogP contribution in [0.4, 0.5) is 0 Å². The van der Waals surface area contributed by atoms with Gasteiger partial charge in [0.2, 0.25) is 0 Å². The van der Waals surface area contributed by atoms with Crippen molar-refractivity contribution in [3.05, 3.63) is 58.8 Å². The number of hydrogen-bond acceptors (Lipinski definition) is 3. The van der Waals surface area contributed by atoms with Crippen LogP contribution in [0, 0.1) is 6.92 Å². The van der Waals surface area contributed by atoms with E-state index in [0.29, 0.717) is 17.2 Å². The van der Waals surface area contributed by atoms with Gasteiger partial charge in [-0.1, -0.05) is 41.4 Å². The van der Waals surface area contributed by atoms with E-state index < -0.39 is 0 Å². The lowest BCUT2D eigenvalue weighted by atomic mass is 10.1. The average molecular weight is 259 g/mol. The van der Waals surface area contributed by atoms with E-state index >= 15 is 0 Å². The summed E-state index contributed by atoms with van der Waals surface area (Å²) in [7, 11) is 0. The fourth-order valence-electron chi connectivity index (χ4n) is 1.87. The van der Waals surface area contributed by atoms with Crippen LogP contribution in [0.5, 0.6) is 0 Å². The van der Waals surface area contributed by atoms with Gasteiger partial charge < -0.3 is 0 Å². The number of fused-ring (bicyclic) bond motifs is 1. The van der Waals surface area contributed by atoms with Crippen LogP contribution in [0.3, 0.4) is 0 Å². The molecule has 0 spiro atoms. The fourth-order valence-corrected chi connectivity index (χ4v) is 2.11. The predicted molar refractivity (Wildman–Crippen MR) is 69.8 cm³/mol. The molecule has 0 aliphatic rings. The third-order valence-electron chi connectivity index (χ3n) is 2.82. The molecule has 90 valence electrons. The third-order valence-corrected chi connectivity index (χ3v) is 3.09. The summed E-state index contributed by atoms with van der Waals surface area (Å²) in [5.74, 6) is 0.821. The molecule has 5 heteroatoms. The summed E-state index contributed by atoms with van der Waals surface area (Å²) >= 11 is 6.12. The molecule has 0 aliphatic carbocycles. The molecule has 0 radical (unpaired) electrons. The number of aromatic nitrogens is 4. The molecule has 1 aromatic carbocycles. The van der Waals surface area contributed by atoms with Crippen molar-refractivity contribution in [2.75, 3.05) is 0 Å². The minimum Gasteiger partial charge on any atom is -0.266 e. The summed E-state index contributed by atoms with van der Waals surface area (Å²) in [6.07, 6.45) is 3.94. The maximum atomic E-state index is 6.12. The molecule has 0 N–H and O–H groups in total. The summed E-state index contributed by atoms with van der Waals surface area (Å²) in [4.78, 5) is 3.99. The van der Waals surface area contributed by atoms with Gasteiger partial charge in [0, 0.05) is 6.42 Å². The van der Waals surface area contributed by atoms with Gasteiger partial charge in [-0.05, 0) is 12.5 Å². The van der Waals surface area contributed by atoms with Crippen LogP contribution in [-0.2, 0) is 6.42 Å².